The van der Waals surface area contributed by atoms with Crippen molar-refractivity contribution in [3.8, 4) is 11.5 Å². The molecule has 1 unspecified atom stereocenters. The normalized spacial score (nSPS) is 12.0. The zero-order valence-electron chi connectivity index (χ0n) is 19.1. The Morgan fingerprint density at radius 3 is 2.22 bits per heavy atom. The summed E-state index contributed by atoms with van der Waals surface area (Å²) in [5.74, 6) is -0.283. The number of carboxylic acids is 1. The van der Waals surface area contributed by atoms with Crippen LogP contribution in [0.2, 0.25) is 0 Å². The highest BCUT2D eigenvalue weighted by atomic mass is 32.2. The SMILES string of the molecule is O=C(O)c1ccc(OCCOc2ccccc2N(c2cc(S(=O)(=O)c3ccccc3)cs2)S(=O)O)cc1. The average molecular weight is 560 g/mol. The van der Waals surface area contributed by atoms with E-state index in [9.17, 15) is 22.0 Å². The van der Waals surface area contributed by atoms with Crippen molar-refractivity contribution in [2.75, 3.05) is 17.5 Å². The average Bonchev–Trinajstić information content (AvgIpc) is 3.39. The van der Waals surface area contributed by atoms with Crippen LogP contribution >= 0.6 is 11.3 Å². The summed E-state index contributed by atoms with van der Waals surface area (Å²) in [4.78, 5) is 11.1. The van der Waals surface area contributed by atoms with Gasteiger partial charge in [-0.1, -0.05) is 30.3 Å². The van der Waals surface area contributed by atoms with Crippen LogP contribution in [0.1, 0.15) is 10.4 Å². The molecule has 4 aromatic rings. The Balaban J connectivity index is 1.50. The summed E-state index contributed by atoms with van der Waals surface area (Å²) in [6.45, 7) is 0.211. The number of hydrogen-bond acceptors (Lipinski definition) is 7. The number of sulfone groups is 1. The number of hydrogen-bond donors (Lipinski definition) is 2. The molecule has 0 radical (unpaired) electrons. The van der Waals surface area contributed by atoms with Gasteiger partial charge in [0.05, 0.1) is 21.0 Å². The van der Waals surface area contributed by atoms with E-state index >= 15 is 0 Å². The minimum absolute atomic E-state index is 0.00914. The van der Waals surface area contributed by atoms with Gasteiger partial charge in [0.15, 0.2) is 0 Å². The molecule has 4 rings (SSSR count). The lowest BCUT2D eigenvalue weighted by molar-refractivity contribution is 0.0696. The number of carbonyl (C=O) groups is 1. The van der Waals surface area contributed by atoms with Crippen LogP contribution in [0.5, 0.6) is 11.5 Å². The fraction of sp³-hybridized carbons (Fsp3) is 0.0800. The van der Waals surface area contributed by atoms with Gasteiger partial charge in [-0.25, -0.2) is 21.7 Å². The third-order valence-corrected chi connectivity index (χ3v) is 8.71. The van der Waals surface area contributed by atoms with E-state index in [-0.39, 0.29) is 45.0 Å². The molecular weight excluding hydrogens is 538 g/mol. The smallest absolute Gasteiger partial charge is 0.335 e. The van der Waals surface area contributed by atoms with Gasteiger partial charge in [0.1, 0.15) is 29.7 Å². The Kier molecular flexibility index (Phi) is 8.24. The van der Waals surface area contributed by atoms with Crippen LogP contribution in [-0.4, -0.2) is 41.5 Å². The van der Waals surface area contributed by atoms with Crippen molar-refractivity contribution in [2.24, 2.45) is 0 Å². The van der Waals surface area contributed by atoms with Crippen molar-refractivity contribution in [2.45, 2.75) is 9.79 Å². The summed E-state index contributed by atoms with van der Waals surface area (Å²) < 4.78 is 60.8. The molecule has 1 heterocycles. The predicted molar refractivity (Wildman–Crippen MR) is 140 cm³/mol. The van der Waals surface area contributed by atoms with Gasteiger partial charge in [0.25, 0.3) is 11.3 Å². The molecule has 0 saturated heterocycles. The Labute approximate surface area is 219 Å². The molecule has 1 aromatic heterocycles. The summed E-state index contributed by atoms with van der Waals surface area (Å²) in [5, 5.41) is 10.6. The number of nitrogens with zero attached hydrogens (tertiary/aromatic N) is 1. The number of rotatable bonds is 11. The first-order valence-electron chi connectivity index (χ1n) is 10.7. The first-order valence-corrected chi connectivity index (χ1v) is 14.2. The minimum atomic E-state index is -3.80. The van der Waals surface area contributed by atoms with E-state index in [0.717, 1.165) is 15.6 Å². The number of carboxylic acid groups (broad SMARTS) is 1. The molecule has 37 heavy (non-hydrogen) atoms. The highest BCUT2D eigenvalue weighted by Gasteiger charge is 2.25. The van der Waals surface area contributed by atoms with E-state index in [1.165, 1.54) is 47.8 Å². The zero-order chi connectivity index (χ0) is 26.4. The monoisotopic (exact) mass is 559 g/mol. The molecule has 3 aromatic carbocycles. The summed E-state index contributed by atoms with van der Waals surface area (Å²) in [6, 6.07) is 21.8. The van der Waals surface area contributed by atoms with Crippen molar-refractivity contribution >= 4 is 49.1 Å². The topological polar surface area (TPSA) is 130 Å². The zero-order valence-corrected chi connectivity index (χ0v) is 21.5. The second kappa shape index (κ2) is 11.6. The number of ether oxygens (including phenoxy) is 2. The maximum Gasteiger partial charge on any atom is 0.335 e. The summed E-state index contributed by atoms with van der Waals surface area (Å²) in [6.07, 6.45) is 0. The molecule has 12 heteroatoms. The maximum atomic E-state index is 13.0. The van der Waals surface area contributed by atoms with E-state index in [2.05, 4.69) is 0 Å². The molecule has 2 N–H and O–H groups in total. The highest BCUT2D eigenvalue weighted by Crippen LogP contribution is 2.39. The van der Waals surface area contributed by atoms with Crippen molar-refractivity contribution < 1.29 is 36.6 Å². The van der Waals surface area contributed by atoms with E-state index in [1.807, 2.05) is 0 Å². The molecule has 192 valence electrons. The van der Waals surface area contributed by atoms with Gasteiger partial charge in [0.2, 0.25) is 9.84 Å². The fourth-order valence-corrected chi connectivity index (χ4v) is 6.64. The quantitative estimate of drug-likeness (QED) is 0.194. The van der Waals surface area contributed by atoms with Crippen LogP contribution in [0.4, 0.5) is 10.7 Å². The molecule has 0 spiro atoms. The molecule has 0 aliphatic carbocycles. The highest BCUT2D eigenvalue weighted by molar-refractivity contribution is 7.91. The Morgan fingerprint density at radius 2 is 1.54 bits per heavy atom. The second-order valence-electron chi connectivity index (χ2n) is 7.46. The van der Waals surface area contributed by atoms with Gasteiger partial charge in [0, 0.05) is 5.38 Å². The van der Waals surface area contributed by atoms with E-state index in [1.54, 1.807) is 42.5 Å². The molecule has 0 bridgehead atoms. The third-order valence-electron chi connectivity index (χ3n) is 5.08. The van der Waals surface area contributed by atoms with E-state index in [4.69, 9.17) is 14.6 Å². The third kappa shape index (κ3) is 6.17. The summed E-state index contributed by atoms with van der Waals surface area (Å²) in [7, 11) is -3.80. The van der Waals surface area contributed by atoms with Crippen LogP contribution in [0, 0.1) is 0 Å². The van der Waals surface area contributed by atoms with Crippen LogP contribution in [0.25, 0.3) is 0 Å². The lowest BCUT2D eigenvalue weighted by atomic mass is 10.2. The summed E-state index contributed by atoms with van der Waals surface area (Å²) in [5.41, 5.74) is 0.405. The minimum Gasteiger partial charge on any atom is -0.490 e. The molecule has 0 aliphatic rings. The van der Waals surface area contributed by atoms with Crippen LogP contribution in [0.15, 0.2) is 100 Å². The standard InChI is InChI=1S/C25H21NO8S3/c27-25(28)18-10-12-19(13-11-18)33-14-15-34-23-9-5-4-8-22(23)26(36(29)30)24-16-21(17-35-24)37(31,32)20-6-2-1-3-7-20/h1-13,16-17H,14-15H2,(H,27,28)(H,29,30). The van der Waals surface area contributed by atoms with Gasteiger partial charge in [-0.2, -0.15) is 0 Å². The van der Waals surface area contributed by atoms with Gasteiger partial charge < -0.3 is 14.6 Å². The number of anilines is 2. The lowest BCUT2D eigenvalue weighted by Gasteiger charge is -2.21. The van der Waals surface area contributed by atoms with Gasteiger partial charge in [-0.05, 0) is 54.6 Å². The predicted octanol–water partition coefficient (Wildman–Crippen LogP) is 5.01. The number of para-hydroxylation sites is 2. The molecule has 0 saturated carbocycles. The van der Waals surface area contributed by atoms with E-state index < -0.39 is 27.1 Å². The van der Waals surface area contributed by atoms with Crippen LogP contribution in [-0.2, 0) is 21.1 Å². The van der Waals surface area contributed by atoms with Crippen molar-refractivity contribution in [3.05, 3.63) is 95.9 Å². The molecular formula is C25H21NO8S3. The van der Waals surface area contributed by atoms with Crippen LogP contribution in [0.3, 0.4) is 0 Å². The first-order chi connectivity index (χ1) is 17.8. The molecule has 0 aliphatic heterocycles. The Bertz CT molecular complexity index is 1500. The molecule has 0 fully saturated rings. The van der Waals surface area contributed by atoms with Crippen molar-refractivity contribution in [3.63, 3.8) is 0 Å². The Hall–Kier alpha value is -3.71. The maximum absolute atomic E-state index is 13.0. The molecule has 9 nitrogen and oxygen atoms in total. The van der Waals surface area contributed by atoms with E-state index in [0.29, 0.717) is 5.75 Å². The molecule has 0 amide bonds. The van der Waals surface area contributed by atoms with Crippen molar-refractivity contribution in [1.82, 2.24) is 0 Å². The van der Waals surface area contributed by atoms with Crippen LogP contribution < -0.4 is 13.8 Å². The second-order valence-corrected chi connectivity index (χ2v) is 11.1. The van der Waals surface area contributed by atoms with Gasteiger partial charge in [-0.3, -0.25) is 4.55 Å². The first kappa shape index (κ1) is 26.4. The van der Waals surface area contributed by atoms with Crippen molar-refractivity contribution in [1.29, 1.82) is 0 Å². The number of benzene rings is 3. The fourth-order valence-electron chi connectivity index (χ4n) is 3.32. The Morgan fingerprint density at radius 1 is 0.892 bits per heavy atom. The van der Waals surface area contributed by atoms with Gasteiger partial charge in [-0.15, -0.1) is 11.3 Å². The molecule has 1 atom stereocenters. The number of aromatic carboxylic acids is 1. The summed E-state index contributed by atoms with van der Waals surface area (Å²) >= 11 is -1.52. The number of thiophene rings is 1. The lowest BCUT2D eigenvalue weighted by Crippen LogP contribution is -2.20. The van der Waals surface area contributed by atoms with Gasteiger partial charge >= 0.3 is 5.97 Å². The largest absolute Gasteiger partial charge is 0.490 e.